The van der Waals surface area contributed by atoms with E-state index in [2.05, 4.69) is 34.0 Å². The van der Waals surface area contributed by atoms with Crippen LogP contribution in [-0.2, 0) is 22.4 Å². The van der Waals surface area contributed by atoms with Gasteiger partial charge in [-0.25, -0.2) is 4.68 Å². The number of nitrogens with two attached hydrogens (primary N) is 1. The van der Waals surface area contributed by atoms with Gasteiger partial charge in [-0.3, -0.25) is 0 Å². The maximum Gasteiger partial charge on any atom is 0.140 e. The first-order valence-electron chi connectivity index (χ1n) is 11.3. The van der Waals surface area contributed by atoms with E-state index in [0.29, 0.717) is 18.8 Å². The molecule has 1 aliphatic carbocycles. The molecule has 1 aromatic carbocycles. The fourth-order valence-electron chi connectivity index (χ4n) is 5.25. The third kappa shape index (κ3) is 4.13. The molecule has 7 nitrogen and oxygen atoms in total. The molecule has 2 N–H and O–H groups in total. The lowest BCUT2D eigenvalue weighted by atomic mass is 9.86. The summed E-state index contributed by atoms with van der Waals surface area (Å²) in [5.74, 6) is 0.762. The van der Waals surface area contributed by atoms with Gasteiger partial charge in [0, 0.05) is 11.8 Å². The van der Waals surface area contributed by atoms with Crippen LogP contribution < -0.4 is 5.32 Å². The number of nitriles is 1. The van der Waals surface area contributed by atoms with Crippen molar-refractivity contribution in [1.29, 1.82) is 5.26 Å². The molecule has 1 saturated carbocycles. The molecule has 4 atom stereocenters. The second-order valence-electron chi connectivity index (χ2n) is 8.98. The Hall–Kier alpha value is -2.27. The molecule has 30 heavy (non-hydrogen) atoms. The molecule has 3 aliphatic rings. The van der Waals surface area contributed by atoms with E-state index in [4.69, 9.17) is 14.7 Å². The summed E-state index contributed by atoms with van der Waals surface area (Å²) < 4.78 is 14.3. The fraction of sp³-hybridized carbons (Fsp3) is 0.609. The van der Waals surface area contributed by atoms with Gasteiger partial charge in [0.2, 0.25) is 0 Å². The molecule has 2 saturated heterocycles. The van der Waals surface area contributed by atoms with Crippen LogP contribution in [0.1, 0.15) is 55.0 Å². The molecule has 7 heteroatoms. The number of ether oxygens (including phenoxy) is 2. The second-order valence-corrected chi connectivity index (χ2v) is 8.98. The van der Waals surface area contributed by atoms with Crippen molar-refractivity contribution in [2.45, 2.75) is 69.4 Å². The van der Waals surface area contributed by atoms with Crippen molar-refractivity contribution in [3.8, 4) is 6.07 Å². The van der Waals surface area contributed by atoms with Gasteiger partial charge in [-0.15, -0.1) is 5.10 Å². The summed E-state index contributed by atoms with van der Waals surface area (Å²) in [5.41, 5.74) is 2.95. The Kier molecular flexibility index (Phi) is 5.80. The number of fused-ring (bicyclic) bond motifs is 1. The smallest absolute Gasteiger partial charge is 0.140 e. The molecular formula is C23H30N5O2+. The normalized spacial score (nSPS) is 29.0. The van der Waals surface area contributed by atoms with E-state index < -0.39 is 0 Å². The van der Waals surface area contributed by atoms with E-state index in [0.717, 1.165) is 30.1 Å². The summed E-state index contributed by atoms with van der Waals surface area (Å²) in [5, 5.41) is 20.2. The molecule has 3 heterocycles. The lowest BCUT2D eigenvalue weighted by Crippen LogP contribution is -2.91. The average Bonchev–Trinajstić information content (AvgIpc) is 3.50. The van der Waals surface area contributed by atoms with Crippen molar-refractivity contribution < 1.29 is 14.8 Å². The summed E-state index contributed by atoms with van der Waals surface area (Å²) in [6.45, 7) is 2.11. The van der Waals surface area contributed by atoms with E-state index in [1.807, 2.05) is 22.9 Å². The first kappa shape index (κ1) is 19.7. The Morgan fingerprint density at radius 3 is 2.87 bits per heavy atom. The Morgan fingerprint density at radius 2 is 2.00 bits per heavy atom. The number of hydrogen-bond donors (Lipinski definition) is 1. The third-order valence-corrected chi connectivity index (χ3v) is 6.90. The molecule has 3 fully saturated rings. The SMILES string of the molecule is N#Cc1cccc(C[NH2+][C@H]2CO[C@H]3[C@@H]2OC[C@@H]3n2cc(CC3CCCCC3)nn2)c1. The van der Waals surface area contributed by atoms with Crippen molar-refractivity contribution in [2.75, 3.05) is 13.2 Å². The molecule has 1 aromatic heterocycles. The van der Waals surface area contributed by atoms with Crippen LogP contribution in [0.25, 0.3) is 0 Å². The van der Waals surface area contributed by atoms with Crippen molar-refractivity contribution in [3.63, 3.8) is 0 Å². The van der Waals surface area contributed by atoms with Gasteiger partial charge in [-0.2, -0.15) is 5.26 Å². The van der Waals surface area contributed by atoms with Crippen molar-refractivity contribution >= 4 is 0 Å². The van der Waals surface area contributed by atoms with Gasteiger partial charge in [0.05, 0.1) is 23.9 Å². The zero-order chi connectivity index (χ0) is 20.3. The maximum absolute atomic E-state index is 9.08. The van der Waals surface area contributed by atoms with Crippen LogP contribution in [-0.4, -0.2) is 46.5 Å². The van der Waals surface area contributed by atoms with Gasteiger partial charge in [0.25, 0.3) is 0 Å². The molecule has 2 aromatic rings. The standard InChI is InChI=1S/C23H29N5O2/c24-11-17-7-4-8-18(9-17)12-25-20-14-29-23-21(15-30-22(20)23)28-13-19(26-27-28)10-16-5-2-1-3-6-16/h4,7-9,13,16,20-23,25H,1-3,5-6,10,12,14-15H2/p+1/t20-,21-,22+,23+/m0/s1. The minimum absolute atomic E-state index is 0.0286. The van der Waals surface area contributed by atoms with Crippen LogP contribution in [0.15, 0.2) is 30.5 Å². The number of nitrogens with zero attached hydrogens (tertiary/aromatic N) is 4. The fourth-order valence-corrected chi connectivity index (χ4v) is 5.25. The monoisotopic (exact) mass is 408 g/mol. The highest BCUT2D eigenvalue weighted by atomic mass is 16.6. The van der Waals surface area contributed by atoms with E-state index in [9.17, 15) is 0 Å². The molecule has 158 valence electrons. The largest absolute Gasteiger partial charge is 0.367 e. The minimum atomic E-state index is 0.0286. The highest BCUT2D eigenvalue weighted by Gasteiger charge is 2.50. The molecule has 0 unspecified atom stereocenters. The molecule has 0 amide bonds. The van der Waals surface area contributed by atoms with Gasteiger partial charge in [-0.05, 0) is 24.5 Å². The summed E-state index contributed by atoms with van der Waals surface area (Å²) in [4.78, 5) is 0. The quantitative estimate of drug-likeness (QED) is 0.786. The Balaban J connectivity index is 1.18. The van der Waals surface area contributed by atoms with Crippen molar-refractivity contribution in [1.82, 2.24) is 15.0 Å². The second kappa shape index (κ2) is 8.84. The molecule has 2 aliphatic heterocycles. The molecule has 0 bridgehead atoms. The predicted octanol–water partition coefficient (Wildman–Crippen LogP) is 1.74. The van der Waals surface area contributed by atoms with Crippen molar-refractivity contribution in [2.24, 2.45) is 5.92 Å². The molecule has 5 rings (SSSR count). The highest BCUT2D eigenvalue weighted by Crippen LogP contribution is 2.33. The Labute approximate surface area is 177 Å². The first-order chi connectivity index (χ1) is 14.8. The average molecular weight is 409 g/mol. The van der Waals surface area contributed by atoms with E-state index in [1.165, 1.54) is 32.1 Å². The van der Waals surface area contributed by atoms with Crippen LogP contribution in [0.5, 0.6) is 0 Å². The van der Waals surface area contributed by atoms with Crippen molar-refractivity contribution in [3.05, 3.63) is 47.3 Å². The van der Waals surface area contributed by atoms with Crippen LogP contribution >= 0.6 is 0 Å². The summed E-state index contributed by atoms with van der Waals surface area (Å²) in [6, 6.07) is 10.4. The third-order valence-electron chi connectivity index (χ3n) is 6.90. The number of hydrogen-bond acceptors (Lipinski definition) is 5. The zero-order valence-corrected chi connectivity index (χ0v) is 17.3. The molecule has 0 radical (unpaired) electrons. The van der Waals surface area contributed by atoms with Gasteiger partial charge >= 0.3 is 0 Å². The number of quaternary nitrogens is 1. The van der Waals surface area contributed by atoms with Crippen LogP contribution in [0.3, 0.4) is 0 Å². The van der Waals surface area contributed by atoms with Gasteiger partial charge in [-0.1, -0.05) is 49.5 Å². The Bertz CT molecular complexity index is 901. The number of benzene rings is 1. The summed E-state index contributed by atoms with van der Waals surface area (Å²) in [7, 11) is 0. The first-order valence-corrected chi connectivity index (χ1v) is 11.3. The van der Waals surface area contributed by atoms with Gasteiger partial charge in [0.15, 0.2) is 0 Å². The summed E-state index contributed by atoms with van der Waals surface area (Å²) >= 11 is 0. The van der Waals surface area contributed by atoms with Crippen LogP contribution in [0, 0.1) is 17.2 Å². The molecular weight excluding hydrogens is 378 g/mol. The number of rotatable bonds is 6. The Morgan fingerprint density at radius 1 is 1.13 bits per heavy atom. The lowest BCUT2D eigenvalue weighted by Gasteiger charge is -2.20. The van der Waals surface area contributed by atoms with Crippen LogP contribution in [0.4, 0.5) is 0 Å². The topological polar surface area (TPSA) is 89.6 Å². The minimum Gasteiger partial charge on any atom is -0.367 e. The lowest BCUT2D eigenvalue weighted by molar-refractivity contribution is -0.707. The van der Waals surface area contributed by atoms with Gasteiger partial charge < -0.3 is 14.8 Å². The van der Waals surface area contributed by atoms with E-state index in [-0.39, 0.29) is 24.3 Å². The maximum atomic E-state index is 9.08. The van der Waals surface area contributed by atoms with Crippen LogP contribution in [0.2, 0.25) is 0 Å². The summed E-state index contributed by atoms with van der Waals surface area (Å²) in [6.07, 6.45) is 9.98. The van der Waals surface area contributed by atoms with E-state index >= 15 is 0 Å². The predicted molar refractivity (Wildman–Crippen MR) is 109 cm³/mol. The van der Waals surface area contributed by atoms with Gasteiger partial charge in [0.1, 0.15) is 37.4 Å². The molecule has 0 spiro atoms. The highest BCUT2D eigenvalue weighted by molar-refractivity contribution is 5.32. The zero-order valence-electron chi connectivity index (χ0n) is 17.3. The van der Waals surface area contributed by atoms with E-state index in [1.54, 1.807) is 0 Å². The number of aromatic nitrogens is 3.